The maximum atomic E-state index is 9.43. The second-order valence-corrected chi connectivity index (χ2v) is 17.4. The third kappa shape index (κ3) is 8.92. The number of aromatic nitrogens is 3. The van der Waals surface area contributed by atoms with Crippen LogP contribution < -0.4 is 25.2 Å². The largest absolute Gasteiger partial charge is 0.509 e. The Balaban J connectivity index is 0.00000704. The van der Waals surface area contributed by atoms with Crippen LogP contribution in [0, 0.1) is 18.8 Å². The van der Waals surface area contributed by atoms with E-state index in [0.29, 0.717) is 22.1 Å². The summed E-state index contributed by atoms with van der Waals surface area (Å²) >= 11 is 0. The summed E-state index contributed by atoms with van der Waals surface area (Å²) in [6.07, 6.45) is 23.3. The summed E-state index contributed by atoms with van der Waals surface area (Å²) in [5.41, 5.74) is 7.97. The van der Waals surface area contributed by atoms with Gasteiger partial charge in [0.1, 0.15) is 0 Å². The number of nitrogens with one attached hydrogen (secondary N) is 2. The predicted molar refractivity (Wildman–Crippen MR) is 288 cm³/mol. The van der Waals surface area contributed by atoms with Gasteiger partial charge in [-0.05, 0) is 95.6 Å². The monoisotopic (exact) mass is 1100 g/mol. The number of imidazole rings is 1. The van der Waals surface area contributed by atoms with E-state index in [1.54, 1.807) is 36.4 Å². The molecule has 3 aliphatic rings. The van der Waals surface area contributed by atoms with E-state index >= 15 is 0 Å². The molecule has 2 N–H and O–H groups in total. The minimum absolute atomic E-state index is 0. The molecule has 2 radical (unpaired) electrons. The minimum Gasteiger partial charge on any atom is -0.509 e. The van der Waals surface area contributed by atoms with Crippen LogP contribution in [-0.2, 0) is 33.5 Å². The Morgan fingerprint density at radius 3 is 2.06 bits per heavy atom. The number of ether oxygens (including phenoxy) is 1. The third-order valence-corrected chi connectivity index (χ3v) is 11.9. The van der Waals surface area contributed by atoms with Crippen LogP contribution in [0.5, 0.6) is 11.5 Å². The number of benzene rings is 6. The Morgan fingerprint density at radius 2 is 1.34 bits per heavy atom. The van der Waals surface area contributed by atoms with Crippen LogP contribution in [0.4, 0.5) is 22.7 Å². The molecule has 0 saturated heterocycles. The molecule has 2 aromatic heterocycles. The van der Waals surface area contributed by atoms with E-state index < -0.39 is 25.1 Å². The van der Waals surface area contributed by atoms with Crippen molar-refractivity contribution < 1.29 is 38.1 Å². The van der Waals surface area contributed by atoms with Crippen molar-refractivity contribution in [1.82, 2.24) is 24.8 Å². The molecule has 0 saturated carbocycles. The zero-order chi connectivity index (χ0) is 54.6. The summed E-state index contributed by atoms with van der Waals surface area (Å²) in [4.78, 5) is 8.70. The third-order valence-electron chi connectivity index (χ3n) is 11.9. The van der Waals surface area contributed by atoms with Gasteiger partial charge in [0.25, 0.3) is 0 Å². The quantitative estimate of drug-likeness (QED) is 0.122. The summed E-state index contributed by atoms with van der Waals surface area (Å²) < 4.78 is 88.9. The molecule has 0 fully saturated rings. The Hall–Kier alpha value is -7.67. The molecule has 0 amide bonds. The molecule has 8 aromatic rings. The first-order chi connectivity index (χ1) is 37.5. The molecule has 11 rings (SSSR count). The van der Waals surface area contributed by atoms with Gasteiger partial charge < -0.3 is 34.3 Å². The summed E-state index contributed by atoms with van der Waals surface area (Å²) in [7, 11) is 4.18. The van der Waals surface area contributed by atoms with Gasteiger partial charge >= 0.3 is 0 Å². The number of fused-ring (bicyclic) bond motifs is 5. The van der Waals surface area contributed by atoms with Crippen LogP contribution in [-0.4, -0.2) is 28.7 Å². The fourth-order valence-corrected chi connectivity index (χ4v) is 8.59. The molecule has 11 heteroatoms. The number of para-hydroxylation sites is 5. The molecule has 70 heavy (non-hydrogen) atoms. The molecule has 5 heterocycles. The Bertz CT molecular complexity index is 3940. The molecule has 0 unspecified atom stereocenters. The first kappa shape index (κ1) is 36.3. The number of anilines is 4. The van der Waals surface area contributed by atoms with Crippen molar-refractivity contribution in [3.8, 4) is 17.4 Å². The van der Waals surface area contributed by atoms with E-state index in [0.717, 1.165) is 43.6 Å². The van der Waals surface area contributed by atoms with Crippen molar-refractivity contribution in [3.05, 3.63) is 236 Å². The van der Waals surface area contributed by atoms with Gasteiger partial charge in [-0.25, -0.2) is 4.98 Å². The average Bonchev–Trinajstić information content (AvgIpc) is 3.33. The second-order valence-electron chi connectivity index (χ2n) is 17.4. The van der Waals surface area contributed by atoms with Crippen LogP contribution in [0.15, 0.2) is 200 Å². The van der Waals surface area contributed by atoms with Gasteiger partial charge in [0.15, 0.2) is 14.6 Å². The van der Waals surface area contributed by atoms with Crippen molar-refractivity contribution in [2.24, 2.45) is 6.98 Å². The van der Waals surface area contributed by atoms with Gasteiger partial charge in [-0.3, -0.25) is 0 Å². The van der Waals surface area contributed by atoms with Crippen LogP contribution >= 0.6 is 0 Å². The van der Waals surface area contributed by atoms with Crippen LogP contribution in [0.1, 0.15) is 49.8 Å². The smallest absolute Gasteiger partial charge is 0.213 e. The maximum absolute atomic E-state index is 9.43. The number of rotatable bonds is 7. The fraction of sp³-hybridized carbons (Fsp3) is 0.0847. The SMILES string of the molecule is [2H]c1cc(Oc2[c-]c3c(cc2)c2c([2H])c([2H])c([2H])c([2H])c2n3-c2nc3ccccc3n2C([2H])([2H])[2H])[c-]c(N2[CH-]N(c3c(/C4=C/C=C\N/C=C\C=C/[B]4)cc(C(C)(C)C)cc3/C3=C/C=C\N/C=C\C=C/[B]3)c3ccccc32)c1[2H].[Pt]. The van der Waals surface area contributed by atoms with Gasteiger partial charge in [0.05, 0.1) is 16.5 Å². The number of aryl methyl sites for hydroxylation is 1. The summed E-state index contributed by atoms with van der Waals surface area (Å²) in [5, 5.41) is 6.88. The van der Waals surface area contributed by atoms with Gasteiger partial charge in [-0.2, -0.15) is 12.1 Å². The van der Waals surface area contributed by atoms with E-state index in [1.807, 2.05) is 109 Å². The molecule has 3 aliphatic heterocycles. The standard InChI is InChI=1S/C59H48B2N7O.Pt/c1-59(2,3)41-36-47(49-21-16-34-62-32-13-11-30-60-49)57(48(37-41)50-22-17-35-63-33-14-12-31-61-50)67-40-66(54-26-9-10-27-55(54)67)42-18-15-19-43(38-42)69-44-28-29-46-45-20-5-7-24-52(45)68(56(46)39-44)58-64-51-23-6-8-25-53(51)65(58)4;/h5-37,40,62-63H,1-4H3;/q-3;/b30-11-,31-12-,32-13-,33-14-,34-16-,35-17-,49-21-,50-22-;/i4D3,5D,7D,15D,18D,20D,24D;. The second kappa shape index (κ2) is 19.7. The summed E-state index contributed by atoms with van der Waals surface area (Å²) in [6, 6.07) is 28.3. The number of allylic oxidation sites excluding steroid dienone is 8. The zero-order valence-electron chi connectivity index (χ0n) is 47.3. The summed E-state index contributed by atoms with van der Waals surface area (Å²) in [6.45, 7) is 5.74. The molecular formula is C59H48B2N7OPt-3. The zero-order valence-corrected chi connectivity index (χ0v) is 40.6. The van der Waals surface area contributed by atoms with Crippen molar-refractivity contribution in [2.45, 2.75) is 26.2 Å². The first-order valence-corrected chi connectivity index (χ1v) is 22.5. The Labute approximate surface area is 438 Å². The van der Waals surface area contributed by atoms with Gasteiger partial charge in [0, 0.05) is 92.4 Å². The van der Waals surface area contributed by atoms with Crippen LogP contribution in [0.2, 0.25) is 0 Å². The van der Waals surface area contributed by atoms with Gasteiger partial charge in [-0.15, -0.1) is 60.0 Å². The van der Waals surface area contributed by atoms with E-state index in [1.165, 1.54) is 10.6 Å². The molecule has 0 atom stereocenters. The van der Waals surface area contributed by atoms with Gasteiger partial charge in [-0.1, -0.05) is 104 Å². The first-order valence-electron chi connectivity index (χ1n) is 27.0. The number of hydrogen-bond acceptors (Lipinski definition) is 6. The number of nitrogens with zero attached hydrogens (tertiary/aromatic N) is 5. The maximum Gasteiger partial charge on any atom is 0.213 e. The molecule has 0 spiro atoms. The van der Waals surface area contributed by atoms with E-state index in [-0.39, 0.29) is 84.2 Å². The topological polar surface area (TPSA) is 62.5 Å². The molecule has 344 valence electrons. The fourth-order valence-electron chi connectivity index (χ4n) is 8.59. The summed E-state index contributed by atoms with van der Waals surface area (Å²) in [5.74, 6) is 4.05. The van der Waals surface area contributed by atoms with Crippen molar-refractivity contribution in [3.63, 3.8) is 0 Å². The predicted octanol–water partition coefficient (Wildman–Crippen LogP) is 13.1. The Kier molecular flexibility index (Phi) is 10.2. The Morgan fingerprint density at radius 1 is 0.686 bits per heavy atom. The van der Waals surface area contributed by atoms with Crippen molar-refractivity contribution in [1.29, 1.82) is 0 Å². The average molecular weight is 1100 g/mol. The molecule has 0 aliphatic carbocycles. The van der Waals surface area contributed by atoms with E-state index in [4.69, 9.17) is 19.3 Å². The van der Waals surface area contributed by atoms with Crippen molar-refractivity contribution in [2.75, 3.05) is 9.80 Å². The minimum atomic E-state index is -2.76. The van der Waals surface area contributed by atoms with Crippen LogP contribution in [0.25, 0.3) is 49.7 Å². The molecule has 0 bridgehead atoms. The molecule has 8 nitrogen and oxygen atoms in total. The molecular weight excluding hydrogens is 1040 g/mol. The number of hydrogen-bond donors (Lipinski definition) is 2. The van der Waals surface area contributed by atoms with Gasteiger partial charge in [0.2, 0.25) is 5.95 Å². The van der Waals surface area contributed by atoms with Crippen molar-refractivity contribution >= 4 is 81.1 Å². The van der Waals surface area contributed by atoms with E-state index in [2.05, 4.69) is 87.3 Å². The van der Waals surface area contributed by atoms with Crippen LogP contribution in [0.3, 0.4) is 0 Å². The normalized spacial score (nSPS) is 20.9. The molecule has 6 aromatic carbocycles. The van der Waals surface area contributed by atoms with E-state index in [9.17, 15) is 2.74 Å².